The predicted molar refractivity (Wildman–Crippen MR) is 91.6 cm³/mol. The Morgan fingerprint density at radius 1 is 1.14 bits per heavy atom. The summed E-state index contributed by atoms with van der Waals surface area (Å²) in [7, 11) is 0. The molecule has 5 heteroatoms. The number of hydrogen-bond acceptors (Lipinski definition) is 2. The smallest absolute Gasteiger partial charge is 0.226 e. The van der Waals surface area contributed by atoms with Gasteiger partial charge in [-0.05, 0) is 35.7 Å². The lowest BCUT2D eigenvalue weighted by molar-refractivity contribution is -0.116. The van der Waals surface area contributed by atoms with Crippen LogP contribution in [0, 0.1) is 0 Å². The van der Waals surface area contributed by atoms with E-state index in [1.54, 1.807) is 23.5 Å². The van der Waals surface area contributed by atoms with E-state index in [1.165, 1.54) is 0 Å². The molecule has 1 aromatic carbocycles. The quantitative estimate of drug-likeness (QED) is 0.715. The van der Waals surface area contributed by atoms with E-state index < -0.39 is 0 Å². The van der Waals surface area contributed by atoms with E-state index in [-0.39, 0.29) is 11.9 Å². The fraction of sp³-hybridized carbons (Fsp3) is 0.118. The number of amides is 1. The first-order valence-corrected chi connectivity index (χ1v) is 8.20. The molecule has 1 N–H and O–H groups in total. The molecule has 0 bridgehead atoms. The fourth-order valence-corrected chi connectivity index (χ4v) is 3.35. The number of anilines is 1. The summed E-state index contributed by atoms with van der Waals surface area (Å²) in [6.07, 6.45) is 4.32. The summed E-state index contributed by atoms with van der Waals surface area (Å²) in [4.78, 5) is 13.5. The number of rotatable bonds is 5. The van der Waals surface area contributed by atoms with Gasteiger partial charge in [-0.25, -0.2) is 0 Å². The van der Waals surface area contributed by atoms with Crippen LogP contribution in [-0.4, -0.2) is 10.5 Å². The summed E-state index contributed by atoms with van der Waals surface area (Å²) in [5, 5.41) is 5.46. The third-order valence-corrected chi connectivity index (χ3v) is 4.69. The van der Waals surface area contributed by atoms with Crippen LogP contribution in [0.25, 0.3) is 0 Å². The predicted octanol–water partition coefficient (Wildman–Crippen LogP) is 4.82. The van der Waals surface area contributed by atoms with Crippen LogP contribution in [0.15, 0.2) is 66.3 Å². The number of benzene rings is 1. The van der Waals surface area contributed by atoms with Crippen molar-refractivity contribution in [2.75, 3.05) is 5.32 Å². The van der Waals surface area contributed by atoms with Gasteiger partial charge in [0, 0.05) is 17.3 Å². The first-order chi connectivity index (χ1) is 10.7. The number of carbonyl (C=O) groups is 1. The van der Waals surface area contributed by atoms with Crippen molar-refractivity contribution in [3.8, 4) is 0 Å². The third kappa shape index (κ3) is 3.40. The highest BCUT2D eigenvalue weighted by Gasteiger charge is 2.18. The molecule has 0 fully saturated rings. The van der Waals surface area contributed by atoms with Gasteiger partial charge in [0.15, 0.2) is 0 Å². The minimum atomic E-state index is -0.0554. The van der Waals surface area contributed by atoms with Crippen molar-refractivity contribution >= 4 is 34.5 Å². The Hall–Kier alpha value is -2.04. The van der Waals surface area contributed by atoms with Crippen molar-refractivity contribution < 1.29 is 4.79 Å². The molecule has 2 heterocycles. The van der Waals surface area contributed by atoms with Crippen LogP contribution in [0.3, 0.4) is 0 Å². The molecule has 3 rings (SSSR count). The SMILES string of the molecule is O=C(CC(c1cccs1)n1cccc1)Nc1ccccc1Cl. The summed E-state index contributed by atoms with van der Waals surface area (Å²) in [6.45, 7) is 0. The Labute approximate surface area is 138 Å². The molecule has 0 aliphatic rings. The van der Waals surface area contributed by atoms with Gasteiger partial charge in [-0.3, -0.25) is 4.79 Å². The summed E-state index contributed by atoms with van der Waals surface area (Å²) < 4.78 is 2.05. The van der Waals surface area contributed by atoms with Crippen LogP contribution in [0.1, 0.15) is 17.3 Å². The molecule has 3 nitrogen and oxygen atoms in total. The lowest BCUT2D eigenvalue weighted by atomic mass is 10.1. The van der Waals surface area contributed by atoms with Crippen molar-refractivity contribution in [3.05, 3.63) is 76.2 Å². The summed E-state index contributed by atoms with van der Waals surface area (Å²) in [5.74, 6) is -0.0554. The van der Waals surface area contributed by atoms with E-state index in [2.05, 4.69) is 16.0 Å². The number of nitrogens with one attached hydrogen (secondary N) is 1. The highest BCUT2D eigenvalue weighted by atomic mass is 35.5. The zero-order valence-electron chi connectivity index (χ0n) is 11.8. The standard InChI is InChI=1S/C17H15ClN2OS/c18-13-6-1-2-7-14(13)19-17(21)12-15(16-8-5-11-22-16)20-9-3-4-10-20/h1-11,15H,12H2,(H,19,21). The Bertz CT molecular complexity index is 704. The van der Waals surface area contributed by atoms with Crippen LogP contribution in [0.2, 0.25) is 5.02 Å². The Morgan fingerprint density at radius 3 is 2.59 bits per heavy atom. The first kappa shape index (κ1) is 14.9. The summed E-state index contributed by atoms with van der Waals surface area (Å²) >= 11 is 7.74. The number of halogens is 1. The number of carbonyl (C=O) groups excluding carboxylic acids is 1. The molecule has 1 amide bonds. The maximum atomic E-state index is 12.4. The lowest BCUT2D eigenvalue weighted by Gasteiger charge is -2.17. The number of hydrogen-bond donors (Lipinski definition) is 1. The molecule has 0 aliphatic heterocycles. The summed E-state index contributed by atoms with van der Waals surface area (Å²) in [5.41, 5.74) is 0.645. The van der Waals surface area contributed by atoms with Crippen LogP contribution in [0.4, 0.5) is 5.69 Å². The van der Waals surface area contributed by atoms with Gasteiger partial charge in [0.25, 0.3) is 0 Å². The normalized spacial score (nSPS) is 12.0. The molecule has 0 spiro atoms. The van der Waals surface area contributed by atoms with Crippen molar-refractivity contribution in [2.24, 2.45) is 0 Å². The van der Waals surface area contributed by atoms with Crippen molar-refractivity contribution in [3.63, 3.8) is 0 Å². The second kappa shape index (κ2) is 6.81. The van der Waals surface area contributed by atoms with Gasteiger partial charge >= 0.3 is 0 Å². The van der Waals surface area contributed by atoms with E-state index in [0.717, 1.165) is 4.88 Å². The topological polar surface area (TPSA) is 34.0 Å². The highest BCUT2D eigenvalue weighted by Crippen LogP contribution is 2.28. The molecule has 1 unspecified atom stereocenters. The van der Waals surface area contributed by atoms with Crippen LogP contribution in [0.5, 0.6) is 0 Å². The van der Waals surface area contributed by atoms with E-state index in [1.807, 2.05) is 48.1 Å². The Morgan fingerprint density at radius 2 is 1.91 bits per heavy atom. The van der Waals surface area contributed by atoms with E-state index in [4.69, 9.17) is 11.6 Å². The Kier molecular flexibility index (Phi) is 4.61. The van der Waals surface area contributed by atoms with Gasteiger partial charge in [0.05, 0.1) is 23.2 Å². The van der Waals surface area contributed by atoms with Crippen molar-refractivity contribution in [2.45, 2.75) is 12.5 Å². The summed E-state index contributed by atoms with van der Waals surface area (Å²) in [6, 6.07) is 15.2. The highest BCUT2D eigenvalue weighted by molar-refractivity contribution is 7.10. The van der Waals surface area contributed by atoms with Gasteiger partial charge in [-0.2, -0.15) is 0 Å². The number of para-hydroxylation sites is 1. The molecule has 0 saturated heterocycles. The van der Waals surface area contributed by atoms with Crippen LogP contribution < -0.4 is 5.32 Å². The minimum absolute atomic E-state index is 0.00233. The average molecular weight is 331 g/mol. The molecule has 22 heavy (non-hydrogen) atoms. The van der Waals surface area contributed by atoms with Gasteiger partial charge in [-0.1, -0.05) is 29.8 Å². The fourth-order valence-electron chi connectivity index (χ4n) is 2.33. The van der Waals surface area contributed by atoms with Gasteiger partial charge in [0.1, 0.15) is 0 Å². The zero-order valence-corrected chi connectivity index (χ0v) is 13.3. The van der Waals surface area contributed by atoms with Crippen molar-refractivity contribution in [1.29, 1.82) is 0 Å². The molecule has 0 radical (unpaired) electrons. The van der Waals surface area contributed by atoms with Gasteiger partial charge < -0.3 is 9.88 Å². The third-order valence-electron chi connectivity index (χ3n) is 3.39. The first-order valence-electron chi connectivity index (χ1n) is 6.94. The molecule has 0 aliphatic carbocycles. The number of nitrogens with zero attached hydrogens (tertiary/aromatic N) is 1. The van der Waals surface area contributed by atoms with Gasteiger partial charge in [-0.15, -0.1) is 11.3 Å². The zero-order chi connectivity index (χ0) is 15.4. The number of aromatic nitrogens is 1. The monoisotopic (exact) mass is 330 g/mol. The van der Waals surface area contributed by atoms with Gasteiger partial charge in [0.2, 0.25) is 5.91 Å². The molecule has 3 aromatic rings. The number of thiophene rings is 1. The van der Waals surface area contributed by atoms with E-state index in [0.29, 0.717) is 17.1 Å². The maximum Gasteiger partial charge on any atom is 0.226 e. The largest absolute Gasteiger partial charge is 0.346 e. The Balaban J connectivity index is 1.77. The second-order valence-corrected chi connectivity index (χ2v) is 6.28. The van der Waals surface area contributed by atoms with E-state index in [9.17, 15) is 4.79 Å². The second-order valence-electron chi connectivity index (χ2n) is 4.89. The minimum Gasteiger partial charge on any atom is -0.346 e. The molecular formula is C17H15ClN2OS. The molecule has 0 saturated carbocycles. The molecule has 1 atom stereocenters. The maximum absolute atomic E-state index is 12.4. The van der Waals surface area contributed by atoms with Crippen molar-refractivity contribution in [1.82, 2.24) is 4.57 Å². The van der Waals surface area contributed by atoms with E-state index >= 15 is 0 Å². The lowest BCUT2D eigenvalue weighted by Crippen LogP contribution is -2.19. The molecular weight excluding hydrogens is 316 g/mol. The molecule has 2 aromatic heterocycles. The average Bonchev–Trinajstić information content (AvgIpc) is 3.21. The molecule has 112 valence electrons. The van der Waals surface area contributed by atoms with Crippen LogP contribution in [-0.2, 0) is 4.79 Å². The van der Waals surface area contributed by atoms with Crippen LogP contribution >= 0.6 is 22.9 Å².